The standard InChI is InChI=1S/C31H33ClF2N4O7S/c1-16-14-46(40,41)30(2,3)15-31(16,43-5)20-10-17(32)12-35-28(20)44-18-11-21(29(39)42-4)38(13-18)27-24-23(36-26(37-27)25(33)34)19-8-6-7-9-22(19)45-24/h6-10,12,16,18,21,25H,11,13-15H2,1-5H3/t16-,18-,21-,31+/m0/s1. The molecular formula is C31H33ClF2N4O7S. The van der Waals surface area contributed by atoms with Crippen LogP contribution in [0.4, 0.5) is 14.6 Å². The molecule has 3 aromatic heterocycles. The van der Waals surface area contributed by atoms with Gasteiger partial charge in [0.25, 0.3) is 6.43 Å². The fourth-order valence-electron chi connectivity index (χ4n) is 6.69. The van der Waals surface area contributed by atoms with Gasteiger partial charge in [0.1, 0.15) is 28.8 Å². The van der Waals surface area contributed by atoms with Gasteiger partial charge in [0.15, 0.2) is 27.1 Å². The van der Waals surface area contributed by atoms with Gasteiger partial charge < -0.3 is 23.5 Å². The van der Waals surface area contributed by atoms with Gasteiger partial charge in [-0.15, -0.1) is 0 Å². The number of anilines is 1. The van der Waals surface area contributed by atoms with Crippen molar-refractivity contribution < 1.29 is 40.6 Å². The fourth-order valence-corrected chi connectivity index (χ4v) is 8.66. The summed E-state index contributed by atoms with van der Waals surface area (Å²) in [7, 11) is -0.705. The Morgan fingerprint density at radius 2 is 1.93 bits per heavy atom. The van der Waals surface area contributed by atoms with E-state index in [9.17, 15) is 22.0 Å². The van der Waals surface area contributed by atoms with Gasteiger partial charge in [-0.05, 0) is 32.0 Å². The number of pyridine rings is 1. The molecule has 0 bridgehead atoms. The number of para-hydroxylation sites is 1. The van der Waals surface area contributed by atoms with Gasteiger partial charge in [-0.2, -0.15) is 0 Å². The number of halogens is 3. The summed E-state index contributed by atoms with van der Waals surface area (Å²) in [5, 5.41) is 0.821. The molecule has 2 aliphatic rings. The third-order valence-corrected chi connectivity index (χ3v) is 12.1. The number of ether oxygens (including phenoxy) is 3. The van der Waals surface area contributed by atoms with Crippen molar-refractivity contribution in [3.8, 4) is 5.88 Å². The minimum Gasteiger partial charge on any atom is -0.472 e. The van der Waals surface area contributed by atoms with E-state index in [4.69, 9.17) is 30.2 Å². The van der Waals surface area contributed by atoms with E-state index in [1.807, 2.05) is 0 Å². The van der Waals surface area contributed by atoms with Gasteiger partial charge in [-0.25, -0.2) is 36.9 Å². The first-order valence-corrected chi connectivity index (χ1v) is 16.7. The summed E-state index contributed by atoms with van der Waals surface area (Å²) in [6.07, 6.45) is -2.10. The van der Waals surface area contributed by atoms with Crippen molar-refractivity contribution in [2.45, 2.75) is 62.5 Å². The summed E-state index contributed by atoms with van der Waals surface area (Å²) >= 11 is 6.42. The van der Waals surface area contributed by atoms with Crippen molar-refractivity contribution in [2.75, 3.05) is 31.4 Å². The fraction of sp³-hybridized carbons (Fsp3) is 0.484. The molecule has 15 heteroatoms. The lowest BCUT2D eigenvalue weighted by Gasteiger charge is -2.48. The van der Waals surface area contributed by atoms with Crippen molar-refractivity contribution in [1.82, 2.24) is 15.0 Å². The highest BCUT2D eigenvalue weighted by molar-refractivity contribution is 7.92. The van der Waals surface area contributed by atoms with Gasteiger partial charge in [-0.3, -0.25) is 0 Å². The molecular weight excluding hydrogens is 646 g/mol. The first kappa shape index (κ1) is 32.3. The minimum absolute atomic E-state index is 0.00325. The molecule has 0 amide bonds. The van der Waals surface area contributed by atoms with Crippen LogP contribution < -0.4 is 9.64 Å². The summed E-state index contributed by atoms with van der Waals surface area (Å²) in [6.45, 7) is 5.12. The molecule has 11 nitrogen and oxygen atoms in total. The molecule has 6 rings (SSSR count). The normalized spacial score (nSPS) is 25.8. The van der Waals surface area contributed by atoms with Gasteiger partial charge in [0, 0.05) is 43.0 Å². The number of methoxy groups -OCH3 is 2. The number of carbonyl (C=O) groups excluding carboxylic acids is 1. The van der Waals surface area contributed by atoms with E-state index in [0.29, 0.717) is 21.6 Å². The van der Waals surface area contributed by atoms with Crippen LogP contribution in [0.2, 0.25) is 5.02 Å². The summed E-state index contributed by atoms with van der Waals surface area (Å²) in [5.74, 6) is -1.81. The quantitative estimate of drug-likeness (QED) is 0.225. The van der Waals surface area contributed by atoms with Gasteiger partial charge in [-0.1, -0.05) is 30.7 Å². The Kier molecular flexibility index (Phi) is 8.13. The van der Waals surface area contributed by atoms with Crippen LogP contribution in [0.15, 0.2) is 40.9 Å². The summed E-state index contributed by atoms with van der Waals surface area (Å²) in [4.78, 5) is 27.3. The zero-order chi connectivity index (χ0) is 33.2. The van der Waals surface area contributed by atoms with Crippen LogP contribution in [-0.4, -0.2) is 72.7 Å². The Balaban J connectivity index is 1.42. The Hall–Kier alpha value is -3.62. The molecule has 0 saturated carbocycles. The van der Waals surface area contributed by atoms with Crippen molar-refractivity contribution in [1.29, 1.82) is 0 Å². The number of fused-ring (bicyclic) bond motifs is 3. The zero-order valence-corrected chi connectivity index (χ0v) is 27.4. The first-order valence-electron chi connectivity index (χ1n) is 14.6. The molecule has 2 saturated heterocycles. The lowest BCUT2D eigenvalue weighted by atomic mass is 9.76. The second kappa shape index (κ2) is 11.6. The maximum Gasteiger partial charge on any atom is 0.328 e. The molecule has 246 valence electrons. The van der Waals surface area contributed by atoms with E-state index in [2.05, 4.69) is 15.0 Å². The van der Waals surface area contributed by atoms with E-state index in [-0.39, 0.29) is 47.9 Å². The van der Waals surface area contributed by atoms with Crippen LogP contribution in [-0.2, 0) is 29.7 Å². The van der Waals surface area contributed by atoms with E-state index in [0.717, 1.165) is 0 Å². The Morgan fingerprint density at radius 3 is 2.63 bits per heavy atom. The smallest absolute Gasteiger partial charge is 0.328 e. The number of rotatable bonds is 7. The zero-order valence-electron chi connectivity index (χ0n) is 25.8. The van der Waals surface area contributed by atoms with E-state index >= 15 is 0 Å². The molecule has 0 N–H and O–H groups in total. The van der Waals surface area contributed by atoms with Crippen LogP contribution in [0.25, 0.3) is 22.1 Å². The van der Waals surface area contributed by atoms with Crippen molar-refractivity contribution >= 4 is 55.3 Å². The summed E-state index contributed by atoms with van der Waals surface area (Å²) < 4.78 is 76.8. The van der Waals surface area contributed by atoms with Crippen LogP contribution >= 0.6 is 11.6 Å². The number of esters is 1. The number of carbonyl (C=O) groups is 1. The number of sulfone groups is 1. The minimum atomic E-state index is -3.45. The Bertz CT molecular complexity index is 1940. The molecule has 5 heterocycles. The van der Waals surface area contributed by atoms with Crippen LogP contribution in [0.5, 0.6) is 5.88 Å². The lowest BCUT2D eigenvalue weighted by molar-refractivity contribution is -0.142. The highest BCUT2D eigenvalue weighted by Gasteiger charge is 2.55. The third kappa shape index (κ3) is 5.23. The number of furan rings is 1. The van der Waals surface area contributed by atoms with Crippen LogP contribution in [0, 0.1) is 5.92 Å². The topological polar surface area (TPSA) is 134 Å². The Labute approximate surface area is 269 Å². The molecule has 46 heavy (non-hydrogen) atoms. The number of alkyl halides is 2. The second-order valence-corrected chi connectivity index (χ2v) is 15.5. The molecule has 0 unspecified atom stereocenters. The molecule has 4 aromatic rings. The van der Waals surface area contributed by atoms with Crippen molar-refractivity contribution in [3.05, 3.63) is 52.9 Å². The Morgan fingerprint density at radius 1 is 1.20 bits per heavy atom. The predicted molar refractivity (Wildman–Crippen MR) is 166 cm³/mol. The van der Waals surface area contributed by atoms with Crippen LogP contribution in [0.3, 0.4) is 0 Å². The number of aromatic nitrogens is 3. The largest absolute Gasteiger partial charge is 0.472 e. The molecule has 2 aliphatic heterocycles. The molecule has 1 aromatic carbocycles. The summed E-state index contributed by atoms with van der Waals surface area (Å²) in [5.41, 5.74) is 0.0985. The predicted octanol–water partition coefficient (Wildman–Crippen LogP) is 5.64. The third-order valence-electron chi connectivity index (χ3n) is 9.13. The number of nitrogens with zero attached hydrogens (tertiary/aromatic N) is 4. The summed E-state index contributed by atoms with van der Waals surface area (Å²) in [6, 6.07) is 7.56. The second-order valence-electron chi connectivity index (χ2n) is 12.4. The van der Waals surface area contributed by atoms with Crippen LogP contribution in [0.1, 0.15) is 51.4 Å². The van der Waals surface area contributed by atoms with Crippen molar-refractivity contribution in [2.24, 2.45) is 5.92 Å². The van der Waals surface area contributed by atoms with E-state index in [1.165, 1.54) is 25.3 Å². The highest BCUT2D eigenvalue weighted by atomic mass is 35.5. The number of hydrogen-bond acceptors (Lipinski definition) is 11. The lowest BCUT2D eigenvalue weighted by Crippen LogP contribution is -2.54. The number of benzene rings is 1. The van der Waals surface area contributed by atoms with Gasteiger partial charge in [0.05, 0.1) is 29.2 Å². The monoisotopic (exact) mass is 678 g/mol. The molecule has 0 spiro atoms. The number of hydrogen-bond donors (Lipinski definition) is 0. The highest BCUT2D eigenvalue weighted by Crippen LogP contribution is 2.51. The molecule has 0 radical (unpaired) electrons. The maximum atomic E-state index is 14.1. The maximum absolute atomic E-state index is 14.1. The van der Waals surface area contributed by atoms with Crippen molar-refractivity contribution in [3.63, 3.8) is 0 Å². The average molecular weight is 679 g/mol. The average Bonchev–Trinajstić information content (AvgIpc) is 3.60. The first-order chi connectivity index (χ1) is 21.7. The molecule has 0 aliphatic carbocycles. The SMILES string of the molecule is COC(=O)[C@@H]1C[C@H](Oc2ncc(Cl)cc2[C@@]2(OC)CC(C)(C)S(=O)(=O)C[C@@H]2C)CN1c1nc(C(F)F)nc2c1oc1ccccc12. The molecule has 2 fully saturated rings. The van der Waals surface area contributed by atoms with E-state index in [1.54, 1.807) is 51.1 Å². The van der Waals surface area contributed by atoms with E-state index < -0.39 is 56.5 Å². The van der Waals surface area contributed by atoms with Gasteiger partial charge >= 0.3 is 5.97 Å². The molecule has 4 atom stereocenters. The van der Waals surface area contributed by atoms with Gasteiger partial charge in [0.2, 0.25) is 5.88 Å².